The van der Waals surface area contributed by atoms with Gasteiger partial charge in [0.25, 0.3) is 11.1 Å². The minimum Gasteiger partial charge on any atom is -0.488 e. The molecule has 2 atom stereocenters. The highest BCUT2D eigenvalue weighted by molar-refractivity contribution is 5.86. The van der Waals surface area contributed by atoms with E-state index in [9.17, 15) is 49.1 Å². The molecule has 1 aromatic carbocycles. The molecule has 0 fully saturated rings. The molecule has 0 aliphatic rings. The topological polar surface area (TPSA) is 103 Å². The largest absolute Gasteiger partial charge is 0.488 e. The number of aromatic amines is 1. The Bertz CT molecular complexity index is 1700. The first-order valence-electron chi connectivity index (χ1n) is 11.4. The number of halogens is 9. The van der Waals surface area contributed by atoms with Crippen molar-refractivity contribution >= 4 is 10.8 Å². The van der Waals surface area contributed by atoms with Crippen molar-refractivity contribution in [3.05, 3.63) is 80.4 Å². The molecule has 3 heterocycles. The second kappa shape index (κ2) is 10.9. The SMILES string of the molecule is C[C@H](C[C@@H](F)Cn1cc(F)c2cc(-c3ncc(C(F)(F)F)cn3)c(F)cc2c1=O)Oc1cn[nH]c(=O)c1C(F)(F)F. The van der Waals surface area contributed by atoms with Crippen LogP contribution in [0.2, 0.25) is 0 Å². The number of hydrogen-bond donors (Lipinski definition) is 1. The Hall–Kier alpha value is -4.44. The Kier molecular flexibility index (Phi) is 7.82. The zero-order chi connectivity index (χ0) is 30.3. The van der Waals surface area contributed by atoms with Crippen LogP contribution in [0.15, 0.2) is 46.5 Å². The highest BCUT2D eigenvalue weighted by Crippen LogP contribution is 2.34. The van der Waals surface area contributed by atoms with E-state index in [1.807, 2.05) is 0 Å². The quantitative estimate of drug-likeness (QED) is 0.301. The number of benzene rings is 1. The first kappa shape index (κ1) is 29.5. The zero-order valence-electron chi connectivity index (χ0n) is 20.4. The molecule has 0 saturated carbocycles. The van der Waals surface area contributed by atoms with Gasteiger partial charge in [0, 0.05) is 30.4 Å². The van der Waals surface area contributed by atoms with Crippen molar-refractivity contribution in [1.29, 1.82) is 0 Å². The van der Waals surface area contributed by atoms with E-state index in [0.717, 1.165) is 6.07 Å². The summed E-state index contributed by atoms with van der Waals surface area (Å²) in [5.41, 5.74) is -5.98. The van der Waals surface area contributed by atoms with Crippen LogP contribution in [0.4, 0.5) is 39.5 Å². The average molecular weight is 593 g/mol. The highest BCUT2D eigenvalue weighted by Gasteiger charge is 2.39. The minimum absolute atomic E-state index is 0.405. The average Bonchev–Trinajstić information content (AvgIpc) is 2.85. The van der Waals surface area contributed by atoms with E-state index in [2.05, 4.69) is 15.1 Å². The number of nitrogens with one attached hydrogen (secondary N) is 1. The number of ether oxygens (including phenoxy) is 1. The van der Waals surface area contributed by atoms with E-state index in [1.54, 1.807) is 5.10 Å². The number of aromatic nitrogens is 5. The van der Waals surface area contributed by atoms with Crippen molar-refractivity contribution in [3.8, 4) is 17.1 Å². The van der Waals surface area contributed by atoms with Gasteiger partial charge in [-0.3, -0.25) is 9.59 Å². The maximum atomic E-state index is 14.9. The summed E-state index contributed by atoms with van der Waals surface area (Å²) in [4.78, 5) is 31.3. The van der Waals surface area contributed by atoms with E-state index in [-0.39, 0.29) is 0 Å². The maximum absolute atomic E-state index is 14.9. The summed E-state index contributed by atoms with van der Waals surface area (Å²) >= 11 is 0. The Morgan fingerprint density at radius 2 is 1.61 bits per heavy atom. The third kappa shape index (κ3) is 6.33. The molecule has 0 aliphatic heterocycles. The molecule has 41 heavy (non-hydrogen) atoms. The molecule has 0 unspecified atom stereocenters. The van der Waals surface area contributed by atoms with Gasteiger partial charge in [0.2, 0.25) is 0 Å². The predicted octanol–water partition coefficient (Wildman–Crippen LogP) is 5.05. The molecule has 8 nitrogen and oxygen atoms in total. The van der Waals surface area contributed by atoms with E-state index in [4.69, 9.17) is 4.74 Å². The molecule has 0 radical (unpaired) electrons. The lowest BCUT2D eigenvalue weighted by molar-refractivity contribution is -0.140. The van der Waals surface area contributed by atoms with Crippen LogP contribution < -0.4 is 15.9 Å². The lowest BCUT2D eigenvalue weighted by Crippen LogP contribution is -2.29. The number of rotatable bonds is 7. The van der Waals surface area contributed by atoms with Gasteiger partial charge in [0.15, 0.2) is 17.1 Å². The summed E-state index contributed by atoms with van der Waals surface area (Å²) in [5, 5.41) is 3.87. The van der Waals surface area contributed by atoms with Gasteiger partial charge in [-0.1, -0.05) is 0 Å². The molecule has 218 valence electrons. The summed E-state index contributed by atoms with van der Waals surface area (Å²) in [6.45, 7) is 0.391. The molecule has 0 aliphatic carbocycles. The molecular formula is C24H16F9N5O3. The Morgan fingerprint density at radius 3 is 2.22 bits per heavy atom. The second-order valence-corrected chi connectivity index (χ2v) is 8.80. The van der Waals surface area contributed by atoms with Gasteiger partial charge in [-0.25, -0.2) is 28.2 Å². The summed E-state index contributed by atoms with van der Waals surface area (Å²) in [5.74, 6) is -3.74. The fourth-order valence-corrected chi connectivity index (χ4v) is 3.94. The third-order valence-corrected chi connectivity index (χ3v) is 5.76. The van der Waals surface area contributed by atoms with Crippen LogP contribution in [-0.2, 0) is 18.9 Å². The molecule has 3 aromatic heterocycles. The number of nitrogens with zero attached hydrogens (tertiary/aromatic N) is 4. The fourth-order valence-electron chi connectivity index (χ4n) is 3.94. The molecule has 0 bridgehead atoms. The summed E-state index contributed by atoms with van der Waals surface area (Å²) in [6, 6.07) is 1.43. The standard InChI is InChI=1S/C24H16F9N5O3/c1-10(41-18-7-36-37-21(39)19(18)24(31,32)33)2-12(25)8-38-9-17(27)13-3-15(16(26)4-14(13)22(38)40)20-34-5-11(6-35-20)23(28,29)30/h3-7,9-10,12H,2,8H2,1H3,(H,37,39)/t10-,12-/m1/s1. The Labute approximate surface area is 222 Å². The molecule has 0 spiro atoms. The van der Waals surface area contributed by atoms with Gasteiger partial charge < -0.3 is 9.30 Å². The Balaban J connectivity index is 1.56. The van der Waals surface area contributed by atoms with Gasteiger partial charge in [-0.15, -0.1) is 0 Å². The lowest BCUT2D eigenvalue weighted by atomic mass is 10.1. The van der Waals surface area contributed by atoms with Gasteiger partial charge in [0.1, 0.15) is 17.8 Å². The van der Waals surface area contributed by atoms with Crippen LogP contribution in [0, 0.1) is 11.6 Å². The Morgan fingerprint density at radius 1 is 0.951 bits per heavy atom. The molecule has 4 rings (SSSR count). The summed E-state index contributed by atoms with van der Waals surface area (Å²) in [6.07, 6.45) is -11.7. The minimum atomic E-state index is -5.09. The van der Waals surface area contributed by atoms with Crippen LogP contribution in [0.3, 0.4) is 0 Å². The first-order valence-corrected chi connectivity index (χ1v) is 11.4. The number of alkyl halides is 7. The molecule has 0 saturated heterocycles. The van der Waals surface area contributed by atoms with Crippen molar-refractivity contribution in [2.45, 2.75) is 44.5 Å². The molecule has 17 heteroatoms. The lowest BCUT2D eigenvalue weighted by Gasteiger charge is -2.19. The van der Waals surface area contributed by atoms with E-state index < -0.39 is 99.4 Å². The number of fused-ring (bicyclic) bond motifs is 1. The van der Waals surface area contributed by atoms with E-state index in [1.165, 1.54) is 6.92 Å². The van der Waals surface area contributed by atoms with Gasteiger partial charge in [0.05, 0.1) is 35.4 Å². The summed E-state index contributed by atoms with van der Waals surface area (Å²) in [7, 11) is 0. The monoisotopic (exact) mass is 593 g/mol. The van der Waals surface area contributed by atoms with Crippen LogP contribution in [0.1, 0.15) is 24.5 Å². The molecule has 0 amide bonds. The van der Waals surface area contributed by atoms with Crippen molar-refractivity contribution in [2.24, 2.45) is 0 Å². The molecule has 4 aromatic rings. The fraction of sp³-hybridized carbons (Fsp3) is 0.292. The smallest absolute Gasteiger partial charge is 0.425 e. The first-order chi connectivity index (χ1) is 19.1. The van der Waals surface area contributed by atoms with Gasteiger partial charge in [-0.2, -0.15) is 31.4 Å². The predicted molar refractivity (Wildman–Crippen MR) is 124 cm³/mol. The number of pyridine rings is 1. The maximum Gasteiger partial charge on any atom is 0.425 e. The number of H-pyrrole nitrogens is 1. The van der Waals surface area contributed by atoms with E-state index >= 15 is 0 Å². The van der Waals surface area contributed by atoms with Crippen molar-refractivity contribution in [1.82, 2.24) is 24.7 Å². The molecular weight excluding hydrogens is 577 g/mol. The normalized spacial score (nSPS) is 13.8. The third-order valence-electron chi connectivity index (χ3n) is 5.76. The van der Waals surface area contributed by atoms with Crippen molar-refractivity contribution in [3.63, 3.8) is 0 Å². The molecule has 1 N–H and O–H groups in total. The van der Waals surface area contributed by atoms with Crippen molar-refractivity contribution in [2.75, 3.05) is 0 Å². The van der Waals surface area contributed by atoms with Gasteiger partial charge >= 0.3 is 12.4 Å². The van der Waals surface area contributed by atoms with Crippen LogP contribution in [-0.4, -0.2) is 37.0 Å². The van der Waals surface area contributed by atoms with E-state index in [0.29, 0.717) is 35.4 Å². The second-order valence-electron chi connectivity index (χ2n) is 8.80. The zero-order valence-corrected chi connectivity index (χ0v) is 20.4. The van der Waals surface area contributed by atoms with Crippen molar-refractivity contribution < 1.29 is 44.3 Å². The van der Waals surface area contributed by atoms with Gasteiger partial charge in [-0.05, 0) is 19.1 Å². The van der Waals surface area contributed by atoms with Crippen LogP contribution >= 0.6 is 0 Å². The number of hydrogen-bond acceptors (Lipinski definition) is 6. The van der Waals surface area contributed by atoms with Crippen LogP contribution in [0.25, 0.3) is 22.2 Å². The summed E-state index contributed by atoms with van der Waals surface area (Å²) < 4.78 is 128. The van der Waals surface area contributed by atoms with Crippen LogP contribution in [0.5, 0.6) is 5.75 Å². The highest BCUT2D eigenvalue weighted by atomic mass is 19.4.